The van der Waals surface area contributed by atoms with Gasteiger partial charge in [0.1, 0.15) is 0 Å². The summed E-state index contributed by atoms with van der Waals surface area (Å²) in [6, 6.07) is 4.78. The van der Waals surface area contributed by atoms with Gasteiger partial charge in [0.25, 0.3) is 0 Å². The fraction of sp³-hybridized carbons (Fsp3) is 0.714. The van der Waals surface area contributed by atoms with Crippen molar-refractivity contribution in [2.45, 2.75) is 52.2 Å². The molecule has 0 spiro atoms. The van der Waals surface area contributed by atoms with Crippen LogP contribution < -0.4 is 5.32 Å². The van der Waals surface area contributed by atoms with Gasteiger partial charge >= 0.3 is 0 Å². The molecule has 1 heterocycles. The number of thiophene rings is 1. The zero-order valence-corrected chi connectivity index (χ0v) is 12.1. The Morgan fingerprint density at radius 3 is 2.71 bits per heavy atom. The third-order valence-electron chi connectivity index (χ3n) is 2.87. The van der Waals surface area contributed by atoms with Gasteiger partial charge in [-0.1, -0.05) is 26.3 Å². The topological polar surface area (TPSA) is 21.3 Å². The molecule has 0 bridgehead atoms. The largest absolute Gasteiger partial charge is 0.377 e. The zero-order chi connectivity index (χ0) is 12.5. The molecule has 0 saturated heterocycles. The highest BCUT2D eigenvalue weighted by atomic mass is 32.1. The van der Waals surface area contributed by atoms with E-state index in [2.05, 4.69) is 43.6 Å². The molecule has 0 aliphatic carbocycles. The van der Waals surface area contributed by atoms with E-state index >= 15 is 0 Å². The molecule has 2 atom stereocenters. The van der Waals surface area contributed by atoms with E-state index < -0.39 is 0 Å². The monoisotopic (exact) mass is 255 g/mol. The van der Waals surface area contributed by atoms with E-state index in [1.807, 2.05) is 11.3 Å². The van der Waals surface area contributed by atoms with Crippen LogP contribution in [-0.4, -0.2) is 25.3 Å². The first kappa shape index (κ1) is 14.7. The van der Waals surface area contributed by atoms with Crippen molar-refractivity contribution in [2.24, 2.45) is 0 Å². The molecule has 1 aromatic heterocycles. The summed E-state index contributed by atoms with van der Waals surface area (Å²) in [7, 11) is 0. The lowest BCUT2D eigenvalue weighted by molar-refractivity contribution is 0.0287. The van der Waals surface area contributed by atoms with Gasteiger partial charge in [0.2, 0.25) is 0 Å². The summed E-state index contributed by atoms with van der Waals surface area (Å²) in [4.78, 5) is 1.44. The van der Waals surface area contributed by atoms with Crippen LogP contribution in [0.4, 0.5) is 0 Å². The fourth-order valence-electron chi connectivity index (χ4n) is 2.14. The molecular formula is C14H25NOS. The molecule has 0 fully saturated rings. The molecule has 0 saturated carbocycles. The Kier molecular flexibility index (Phi) is 7.49. The van der Waals surface area contributed by atoms with Gasteiger partial charge in [-0.15, -0.1) is 11.3 Å². The van der Waals surface area contributed by atoms with Crippen molar-refractivity contribution in [1.82, 2.24) is 5.32 Å². The molecule has 0 amide bonds. The van der Waals surface area contributed by atoms with Crippen molar-refractivity contribution in [3.8, 4) is 0 Å². The van der Waals surface area contributed by atoms with Crippen molar-refractivity contribution >= 4 is 11.3 Å². The molecule has 0 radical (unpaired) electrons. The molecule has 98 valence electrons. The Balaban J connectivity index is 2.60. The minimum atomic E-state index is 0.340. The number of hydrogen-bond acceptors (Lipinski definition) is 3. The van der Waals surface area contributed by atoms with Gasteiger partial charge in [-0.2, -0.15) is 0 Å². The predicted octanol–water partition coefficient (Wildman–Crippen LogP) is 3.47. The van der Waals surface area contributed by atoms with Crippen LogP contribution in [0.15, 0.2) is 17.5 Å². The quantitative estimate of drug-likeness (QED) is 0.729. The summed E-state index contributed by atoms with van der Waals surface area (Å²) < 4.78 is 5.89. The minimum Gasteiger partial charge on any atom is -0.377 e. The van der Waals surface area contributed by atoms with Crippen molar-refractivity contribution < 1.29 is 4.74 Å². The minimum absolute atomic E-state index is 0.340. The normalized spacial score (nSPS) is 14.8. The van der Waals surface area contributed by atoms with E-state index in [0.29, 0.717) is 12.1 Å². The SMILES string of the molecule is CCCC(OCC)C(Cc1cccs1)NCC. The number of hydrogen-bond donors (Lipinski definition) is 1. The lowest BCUT2D eigenvalue weighted by Gasteiger charge is -2.27. The van der Waals surface area contributed by atoms with Gasteiger partial charge in [-0.05, 0) is 37.8 Å². The molecule has 1 aromatic rings. The first-order valence-corrected chi connectivity index (χ1v) is 7.57. The average molecular weight is 255 g/mol. The molecule has 2 nitrogen and oxygen atoms in total. The van der Waals surface area contributed by atoms with E-state index in [-0.39, 0.29) is 0 Å². The van der Waals surface area contributed by atoms with Crippen molar-refractivity contribution in [3.63, 3.8) is 0 Å². The molecule has 1 N–H and O–H groups in total. The van der Waals surface area contributed by atoms with Gasteiger partial charge in [-0.25, -0.2) is 0 Å². The number of rotatable bonds is 9. The summed E-state index contributed by atoms with van der Waals surface area (Å²) in [5.74, 6) is 0. The van der Waals surface area contributed by atoms with E-state index in [0.717, 1.165) is 26.0 Å². The van der Waals surface area contributed by atoms with Crippen LogP contribution >= 0.6 is 11.3 Å². The number of likely N-dealkylation sites (N-methyl/N-ethyl adjacent to an activating group) is 1. The van der Waals surface area contributed by atoms with Gasteiger partial charge in [0, 0.05) is 17.5 Å². The molecular weight excluding hydrogens is 230 g/mol. The molecule has 0 aliphatic rings. The molecule has 0 aliphatic heterocycles. The molecule has 0 aromatic carbocycles. The van der Waals surface area contributed by atoms with Crippen LogP contribution in [0, 0.1) is 0 Å². The second kappa shape index (κ2) is 8.67. The fourth-order valence-corrected chi connectivity index (χ4v) is 2.91. The standard InChI is InChI=1S/C14H25NOS/c1-4-8-14(16-6-3)13(15-5-2)11-12-9-7-10-17-12/h7,9-10,13-15H,4-6,8,11H2,1-3H3. The van der Waals surface area contributed by atoms with Crippen LogP contribution in [0.5, 0.6) is 0 Å². The maximum atomic E-state index is 5.89. The van der Waals surface area contributed by atoms with Gasteiger partial charge in [0.05, 0.1) is 6.10 Å². The summed E-state index contributed by atoms with van der Waals surface area (Å²) in [5, 5.41) is 5.72. The van der Waals surface area contributed by atoms with Gasteiger partial charge in [-0.3, -0.25) is 0 Å². The Labute approximate surface area is 109 Å². The molecule has 1 rings (SSSR count). The van der Waals surface area contributed by atoms with Crippen LogP contribution in [-0.2, 0) is 11.2 Å². The molecule has 3 heteroatoms. The second-order valence-electron chi connectivity index (χ2n) is 4.23. The average Bonchev–Trinajstić information content (AvgIpc) is 2.81. The first-order valence-electron chi connectivity index (χ1n) is 6.69. The highest BCUT2D eigenvalue weighted by Crippen LogP contribution is 2.16. The Hall–Kier alpha value is -0.380. The highest BCUT2D eigenvalue weighted by molar-refractivity contribution is 7.09. The van der Waals surface area contributed by atoms with Gasteiger partial charge < -0.3 is 10.1 Å². The lowest BCUT2D eigenvalue weighted by Crippen LogP contribution is -2.42. The maximum absolute atomic E-state index is 5.89. The van der Waals surface area contributed by atoms with Crippen molar-refractivity contribution in [1.29, 1.82) is 0 Å². The van der Waals surface area contributed by atoms with Crippen molar-refractivity contribution in [2.75, 3.05) is 13.2 Å². The summed E-state index contributed by atoms with van der Waals surface area (Å²) in [6.45, 7) is 8.27. The van der Waals surface area contributed by atoms with Crippen LogP contribution in [0.1, 0.15) is 38.5 Å². The third kappa shape index (κ3) is 5.19. The van der Waals surface area contributed by atoms with E-state index in [9.17, 15) is 0 Å². The lowest BCUT2D eigenvalue weighted by atomic mass is 10.0. The summed E-state index contributed by atoms with van der Waals surface area (Å²) >= 11 is 1.84. The molecule has 17 heavy (non-hydrogen) atoms. The van der Waals surface area contributed by atoms with E-state index in [1.165, 1.54) is 11.3 Å². The highest BCUT2D eigenvalue weighted by Gasteiger charge is 2.20. The summed E-state index contributed by atoms with van der Waals surface area (Å²) in [6.07, 6.45) is 3.73. The van der Waals surface area contributed by atoms with Crippen LogP contribution in [0.2, 0.25) is 0 Å². The van der Waals surface area contributed by atoms with Crippen LogP contribution in [0.3, 0.4) is 0 Å². The zero-order valence-electron chi connectivity index (χ0n) is 11.2. The van der Waals surface area contributed by atoms with Crippen LogP contribution in [0.25, 0.3) is 0 Å². The van der Waals surface area contributed by atoms with Crippen molar-refractivity contribution in [3.05, 3.63) is 22.4 Å². The Morgan fingerprint density at radius 1 is 1.35 bits per heavy atom. The smallest absolute Gasteiger partial charge is 0.0731 e. The second-order valence-corrected chi connectivity index (χ2v) is 5.26. The summed E-state index contributed by atoms with van der Waals surface area (Å²) in [5.41, 5.74) is 0. The first-order chi connectivity index (χ1) is 8.31. The molecule has 2 unspecified atom stereocenters. The Morgan fingerprint density at radius 2 is 2.18 bits per heavy atom. The number of ether oxygens (including phenoxy) is 1. The third-order valence-corrected chi connectivity index (χ3v) is 3.77. The van der Waals surface area contributed by atoms with E-state index in [4.69, 9.17) is 4.74 Å². The van der Waals surface area contributed by atoms with E-state index in [1.54, 1.807) is 0 Å². The number of nitrogens with one attached hydrogen (secondary N) is 1. The Bertz CT molecular complexity index is 268. The maximum Gasteiger partial charge on any atom is 0.0731 e. The predicted molar refractivity (Wildman–Crippen MR) is 75.8 cm³/mol. The van der Waals surface area contributed by atoms with Gasteiger partial charge in [0.15, 0.2) is 0 Å².